The van der Waals surface area contributed by atoms with Gasteiger partial charge in [-0.3, -0.25) is 9.20 Å². The summed E-state index contributed by atoms with van der Waals surface area (Å²) in [5.41, 5.74) is 4.30. The number of imidazole rings is 1. The number of aromatic nitrogens is 2. The van der Waals surface area contributed by atoms with Gasteiger partial charge in [-0.2, -0.15) is 0 Å². The molecule has 1 aliphatic rings. The number of aryl methyl sites for hydroxylation is 1. The van der Waals surface area contributed by atoms with Crippen molar-refractivity contribution in [2.24, 2.45) is 0 Å². The van der Waals surface area contributed by atoms with Crippen molar-refractivity contribution in [2.75, 3.05) is 0 Å². The molecule has 1 aliphatic carbocycles. The van der Waals surface area contributed by atoms with Crippen LogP contribution in [0.5, 0.6) is 0 Å². The van der Waals surface area contributed by atoms with Crippen molar-refractivity contribution in [3.63, 3.8) is 0 Å². The Morgan fingerprint density at radius 2 is 2.14 bits per heavy atom. The third-order valence-electron chi connectivity index (χ3n) is 3.91. The van der Waals surface area contributed by atoms with Crippen LogP contribution < -0.4 is 5.32 Å². The second-order valence-electron chi connectivity index (χ2n) is 5.89. The van der Waals surface area contributed by atoms with E-state index < -0.39 is 0 Å². The van der Waals surface area contributed by atoms with Crippen molar-refractivity contribution in [1.29, 1.82) is 0 Å². The van der Waals surface area contributed by atoms with Crippen LogP contribution in [0.4, 0.5) is 0 Å². The molecule has 2 aromatic heterocycles. The lowest BCUT2D eigenvalue weighted by molar-refractivity contribution is -0.120. The number of carbonyl (C=O) groups excluding carboxylic acids is 1. The van der Waals surface area contributed by atoms with Gasteiger partial charge < -0.3 is 5.32 Å². The Bertz CT molecular complexity index is 827. The van der Waals surface area contributed by atoms with Gasteiger partial charge >= 0.3 is 0 Å². The molecule has 0 radical (unpaired) electrons. The van der Waals surface area contributed by atoms with E-state index in [-0.39, 0.29) is 5.91 Å². The normalized spacial score (nSPS) is 14.4. The molecule has 0 saturated heterocycles. The first-order chi connectivity index (χ1) is 10.7. The van der Waals surface area contributed by atoms with E-state index >= 15 is 0 Å². The number of fused-ring (bicyclic) bond motifs is 1. The largest absolute Gasteiger partial charge is 0.353 e. The van der Waals surface area contributed by atoms with E-state index in [1.165, 1.54) is 5.56 Å². The quantitative estimate of drug-likeness (QED) is 0.804. The number of nitrogens with one attached hydrogen (secondary N) is 1. The summed E-state index contributed by atoms with van der Waals surface area (Å²) in [6.07, 6.45) is 4.68. The van der Waals surface area contributed by atoms with Crippen LogP contribution in [0.1, 0.15) is 24.1 Å². The van der Waals surface area contributed by atoms with Crippen LogP contribution in [0.3, 0.4) is 0 Å². The molecule has 5 heteroatoms. The minimum Gasteiger partial charge on any atom is -0.353 e. The number of benzene rings is 1. The fourth-order valence-electron chi connectivity index (χ4n) is 2.49. The number of thiazole rings is 1. The zero-order valence-electron chi connectivity index (χ0n) is 12.4. The third-order valence-corrected chi connectivity index (χ3v) is 4.80. The molecule has 1 amide bonds. The van der Waals surface area contributed by atoms with Crippen LogP contribution in [0.2, 0.25) is 0 Å². The first-order valence-corrected chi connectivity index (χ1v) is 8.39. The summed E-state index contributed by atoms with van der Waals surface area (Å²) in [6, 6.07) is 8.76. The van der Waals surface area contributed by atoms with Gasteiger partial charge in [-0.15, -0.1) is 11.3 Å². The Morgan fingerprint density at radius 1 is 1.36 bits per heavy atom. The van der Waals surface area contributed by atoms with Crippen LogP contribution in [-0.2, 0) is 11.2 Å². The van der Waals surface area contributed by atoms with Gasteiger partial charge in [0.25, 0.3) is 0 Å². The molecule has 112 valence electrons. The lowest BCUT2D eigenvalue weighted by Crippen LogP contribution is -2.27. The van der Waals surface area contributed by atoms with E-state index in [0.29, 0.717) is 12.5 Å². The van der Waals surface area contributed by atoms with Gasteiger partial charge in [0.05, 0.1) is 12.1 Å². The van der Waals surface area contributed by atoms with Gasteiger partial charge in [0.1, 0.15) is 0 Å². The minimum absolute atomic E-state index is 0.104. The molecular weight excluding hydrogens is 294 g/mol. The molecule has 0 aliphatic heterocycles. The van der Waals surface area contributed by atoms with E-state index in [1.54, 1.807) is 11.3 Å². The highest BCUT2D eigenvalue weighted by atomic mass is 32.1. The fourth-order valence-corrected chi connectivity index (χ4v) is 3.36. The Balaban J connectivity index is 1.60. The zero-order valence-corrected chi connectivity index (χ0v) is 13.2. The van der Waals surface area contributed by atoms with Gasteiger partial charge in [-0.1, -0.05) is 29.8 Å². The Kier molecular flexibility index (Phi) is 3.22. The topological polar surface area (TPSA) is 46.4 Å². The lowest BCUT2D eigenvalue weighted by atomic mass is 10.1. The molecule has 0 spiro atoms. The molecule has 3 aromatic rings. The SMILES string of the molecule is Cc1ccc(-c2cn3c(CC(=O)NC4CC4)csc3n2)cc1. The standard InChI is InChI=1S/C17H17N3OS/c1-11-2-4-12(5-3-11)15-9-20-14(10-22-17(20)19-15)8-16(21)18-13-6-7-13/h2-5,9-10,13H,6-8H2,1H3,(H,18,21). The second-order valence-corrected chi connectivity index (χ2v) is 6.73. The van der Waals surface area contributed by atoms with Crippen molar-refractivity contribution in [3.8, 4) is 11.3 Å². The van der Waals surface area contributed by atoms with E-state index in [1.807, 2.05) is 16.0 Å². The lowest BCUT2D eigenvalue weighted by Gasteiger charge is -2.02. The van der Waals surface area contributed by atoms with Crippen LogP contribution in [0.25, 0.3) is 16.2 Å². The van der Waals surface area contributed by atoms with Gasteiger partial charge in [0, 0.05) is 28.9 Å². The zero-order chi connectivity index (χ0) is 15.1. The van der Waals surface area contributed by atoms with E-state index in [4.69, 9.17) is 0 Å². The van der Waals surface area contributed by atoms with E-state index in [0.717, 1.165) is 34.8 Å². The monoisotopic (exact) mass is 311 g/mol. The number of amides is 1. The predicted molar refractivity (Wildman–Crippen MR) is 88.1 cm³/mol. The predicted octanol–water partition coefficient (Wildman–Crippen LogP) is 3.19. The van der Waals surface area contributed by atoms with Crippen LogP contribution in [0.15, 0.2) is 35.8 Å². The maximum absolute atomic E-state index is 12.0. The summed E-state index contributed by atoms with van der Waals surface area (Å²) in [7, 11) is 0. The third kappa shape index (κ3) is 2.64. The molecule has 4 rings (SSSR count). The molecule has 4 nitrogen and oxygen atoms in total. The maximum Gasteiger partial charge on any atom is 0.226 e. The van der Waals surface area contributed by atoms with Gasteiger partial charge in [-0.25, -0.2) is 4.98 Å². The highest BCUT2D eigenvalue weighted by molar-refractivity contribution is 7.15. The van der Waals surface area contributed by atoms with Gasteiger partial charge in [-0.05, 0) is 19.8 Å². The highest BCUT2D eigenvalue weighted by Crippen LogP contribution is 2.24. The molecule has 0 unspecified atom stereocenters. The number of carbonyl (C=O) groups is 1. The van der Waals surface area contributed by atoms with Crippen molar-refractivity contribution >= 4 is 22.2 Å². The molecule has 22 heavy (non-hydrogen) atoms. The summed E-state index contributed by atoms with van der Waals surface area (Å²) in [4.78, 5) is 17.6. The first kappa shape index (κ1) is 13.5. The highest BCUT2D eigenvalue weighted by Gasteiger charge is 2.23. The average Bonchev–Trinajstić information content (AvgIpc) is 3.08. The van der Waals surface area contributed by atoms with Crippen LogP contribution in [0, 0.1) is 6.92 Å². The average molecular weight is 311 g/mol. The summed E-state index contributed by atoms with van der Waals surface area (Å²) in [5, 5.41) is 5.06. The summed E-state index contributed by atoms with van der Waals surface area (Å²) in [6.45, 7) is 2.08. The summed E-state index contributed by atoms with van der Waals surface area (Å²) < 4.78 is 2.03. The Morgan fingerprint density at radius 3 is 2.86 bits per heavy atom. The Hall–Kier alpha value is -2.14. The fraction of sp³-hybridized carbons (Fsp3) is 0.294. The van der Waals surface area contributed by atoms with Gasteiger partial charge in [0.15, 0.2) is 4.96 Å². The van der Waals surface area contributed by atoms with Crippen molar-refractivity contribution in [3.05, 3.63) is 47.1 Å². The smallest absolute Gasteiger partial charge is 0.226 e. The van der Waals surface area contributed by atoms with Crippen molar-refractivity contribution < 1.29 is 4.79 Å². The molecule has 1 aromatic carbocycles. The molecular formula is C17H17N3OS. The molecule has 1 saturated carbocycles. The number of hydrogen-bond donors (Lipinski definition) is 1. The molecule has 0 atom stereocenters. The molecule has 2 heterocycles. The second kappa shape index (κ2) is 5.25. The summed E-state index contributed by atoms with van der Waals surface area (Å²) >= 11 is 1.58. The number of rotatable bonds is 4. The molecule has 1 fully saturated rings. The first-order valence-electron chi connectivity index (χ1n) is 7.51. The van der Waals surface area contributed by atoms with Gasteiger partial charge in [0.2, 0.25) is 5.91 Å². The van der Waals surface area contributed by atoms with Crippen molar-refractivity contribution in [2.45, 2.75) is 32.2 Å². The van der Waals surface area contributed by atoms with E-state index in [2.05, 4.69) is 41.5 Å². The van der Waals surface area contributed by atoms with Crippen LogP contribution >= 0.6 is 11.3 Å². The number of nitrogens with zero attached hydrogens (tertiary/aromatic N) is 2. The summed E-state index contributed by atoms with van der Waals surface area (Å²) in [5.74, 6) is 0.104. The maximum atomic E-state index is 12.0. The van der Waals surface area contributed by atoms with Crippen molar-refractivity contribution in [1.82, 2.24) is 14.7 Å². The minimum atomic E-state index is 0.104. The molecule has 0 bridgehead atoms. The Labute approximate surface area is 132 Å². The molecule has 1 N–H and O–H groups in total. The van der Waals surface area contributed by atoms with Crippen LogP contribution in [-0.4, -0.2) is 21.3 Å². The van der Waals surface area contributed by atoms with E-state index in [9.17, 15) is 4.79 Å². The number of hydrogen-bond acceptors (Lipinski definition) is 3.